The third-order valence-electron chi connectivity index (χ3n) is 6.35. The molecule has 5 rings (SSSR count). The summed E-state index contributed by atoms with van der Waals surface area (Å²) in [6.07, 6.45) is 7.03. The molecule has 2 saturated carbocycles. The third kappa shape index (κ3) is 2.96. The fraction of sp³-hybridized carbons (Fsp3) is 0.500. The van der Waals surface area contributed by atoms with Crippen LogP contribution in [-0.2, 0) is 4.79 Å². The number of rotatable bonds is 3. The molecule has 2 fully saturated rings. The van der Waals surface area contributed by atoms with Crippen LogP contribution in [0.25, 0.3) is 11.1 Å². The molecule has 7 heteroatoms. The summed E-state index contributed by atoms with van der Waals surface area (Å²) in [6, 6.07) is 5.99. The van der Waals surface area contributed by atoms with Gasteiger partial charge in [-0.25, -0.2) is 0 Å². The van der Waals surface area contributed by atoms with Crippen LogP contribution in [0.1, 0.15) is 32.1 Å². The van der Waals surface area contributed by atoms with Crippen LogP contribution in [0.5, 0.6) is 11.5 Å². The summed E-state index contributed by atoms with van der Waals surface area (Å²) in [5.74, 6) is 3.10. The lowest BCUT2D eigenvalue weighted by Gasteiger charge is -2.43. The van der Waals surface area contributed by atoms with E-state index in [1.807, 2.05) is 18.2 Å². The van der Waals surface area contributed by atoms with E-state index in [0.717, 1.165) is 42.6 Å². The van der Waals surface area contributed by atoms with Gasteiger partial charge in [-0.2, -0.15) is 5.10 Å². The van der Waals surface area contributed by atoms with Gasteiger partial charge in [0.05, 0.1) is 6.20 Å². The first-order valence-electron chi connectivity index (χ1n) is 9.69. The van der Waals surface area contributed by atoms with Gasteiger partial charge in [-0.15, -0.1) is 0 Å². The number of aromatic nitrogens is 2. The molecule has 3 aliphatic rings. The van der Waals surface area contributed by atoms with Gasteiger partial charge >= 0.3 is 0 Å². The van der Waals surface area contributed by atoms with Crippen molar-refractivity contribution in [3.8, 4) is 22.6 Å². The maximum absolute atomic E-state index is 12.9. The van der Waals surface area contributed by atoms with Crippen LogP contribution in [0.15, 0.2) is 24.4 Å². The Morgan fingerprint density at radius 2 is 1.96 bits per heavy atom. The van der Waals surface area contributed by atoms with Crippen molar-refractivity contribution in [1.82, 2.24) is 10.2 Å². The van der Waals surface area contributed by atoms with Crippen molar-refractivity contribution in [3.05, 3.63) is 24.4 Å². The number of nitrogens with one attached hydrogen (secondary N) is 2. The number of aromatic amines is 1. The number of carbonyl (C=O) groups excluding carboxylic acids is 1. The van der Waals surface area contributed by atoms with E-state index in [4.69, 9.17) is 15.2 Å². The van der Waals surface area contributed by atoms with Crippen LogP contribution in [-0.4, -0.2) is 28.9 Å². The zero-order valence-electron chi connectivity index (χ0n) is 15.1. The predicted octanol–water partition coefficient (Wildman–Crippen LogP) is 2.90. The van der Waals surface area contributed by atoms with Crippen LogP contribution in [0.2, 0.25) is 0 Å². The molecule has 27 heavy (non-hydrogen) atoms. The number of nitrogens with two attached hydrogens (primary N) is 1. The number of hydrogen-bond donors (Lipinski definition) is 3. The van der Waals surface area contributed by atoms with E-state index < -0.39 is 0 Å². The van der Waals surface area contributed by atoms with Gasteiger partial charge in [0, 0.05) is 17.5 Å². The first kappa shape index (κ1) is 16.6. The van der Waals surface area contributed by atoms with Gasteiger partial charge in [-0.05, 0) is 55.2 Å². The van der Waals surface area contributed by atoms with Crippen molar-refractivity contribution in [1.29, 1.82) is 0 Å². The van der Waals surface area contributed by atoms with Crippen LogP contribution in [0.4, 0.5) is 5.82 Å². The number of nitrogens with zero attached hydrogens (tertiary/aromatic N) is 1. The highest BCUT2D eigenvalue weighted by molar-refractivity contribution is 5.95. The number of benzene rings is 1. The van der Waals surface area contributed by atoms with E-state index in [0.29, 0.717) is 23.4 Å². The minimum atomic E-state index is 0.0213. The van der Waals surface area contributed by atoms with Crippen molar-refractivity contribution >= 4 is 11.7 Å². The Morgan fingerprint density at radius 3 is 2.78 bits per heavy atom. The average molecular weight is 368 g/mol. The standard InChI is InChI=1S/C20H24N4O3/c21-18-12-2-1-3-13(18)7-14(6-12)20(25)23-19-15(9-22-24-19)11-4-5-16-17(8-11)27-10-26-16/h4-5,8-9,12-14,18H,1-3,6-7,10,21H2,(H2,22,23,24,25). The molecule has 2 atom stereocenters. The number of anilines is 1. The Kier molecular flexibility index (Phi) is 4.04. The molecular weight excluding hydrogens is 344 g/mol. The Morgan fingerprint density at radius 1 is 1.19 bits per heavy atom. The summed E-state index contributed by atoms with van der Waals surface area (Å²) >= 11 is 0. The van der Waals surface area contributed by atoms with E-state index >= 15 is 0 Å². The molecule has 2 bridgehead atoms. The second-order valence-corrected chi connectivity index (χ2v) is 7.91. The number of H-pyrrole nitrogens is 1. The summed E-state index contributed by atoms with van der Waals surface area (Å²) in [7, 11) is 0. The maximum Gasteiger partial charge on any atom is 0.231 e. The van der Waals surface area contributed by atoms with Gasteiger partial charge in [-0.3, -0.25) is 9.89 Å². The van der Waals surface area contributed by atoms with Gasteiger partial charge in [0.25, 0.3) is 0 Å². The highest BCUT2D eigenvalue weighted by Gasteiger charge is 2.40. The number of ether oxygens (including phenoxy) is 2. The summed E-state index contributed by atoms with van der Waals surface area (Å²) in [4.78, 5) is 12.9. The first-order valence-corrected chi connectivity index (χ1v) is 9.69. The lowest BCUT2D eigenvalue weighted by Crippen LogP contribution is -2.48. The minimum absolute atomic E-state index is 0.0213. The molecule has 1 aliphatic heterocycles. The number of fused-ring (bicyclic) bond motifs is 3. The predicted molar refractivity (Wildman–Crippen MR) is 100 cm³/mol. The Hall–Kier alpha value is -2.54. The smallest absolute Gasteiger partial charge is 0.231 e. The Balaban J connectivity index is 1.33. The number of amides is 1. The Labute approximate surface area is 157 Å². The fourth-order valence-corrected chi connectivity index (χ4v) is 4.89. The van der Waals surface area contributed by atoms with Crippen molar-refractivity contribution in [2.45, 2.75) is 38.1 Å². The molecule has 1 aromatic heterocycles. The molecule has 0 spiro atoms. The summed E-state index contributed by atoms with van der Waals surface area (Å²) in [5.41, 5.74) is 8.12. The minimum Gasteiger partial charge on any atom is -0.454 e. The van der Waals surface area contributed by atoms with E-state index in [2.05, 4.69) is 15.5 Å². The maximum atomic E-state index is 12.9. The molecular formula is C20H24N4O3. The van der Waals surface area contributed by atoms with Crippen LogP contribution in [0.3, 0.4) is 0 Å². The van der Waals surface area contributed by atoms with Crippen molar-refractivity contribution in [2.75, 3.05) is 12.1 Å². The van der Waals surface area contributed by atoms with Gasteiger partial charge in [0.2, 0.25) is 12.7 Å². The second-order valence-electron chi connectivity index (χ2n) is 7.91. The molecule has 1 amide bonds. The van der Waals surface area contributed by atoms with E-state index in [1.54, 1.807) is 6.20 Å². The van der Waals surface area contributed by atoms with Gasteiger partial charge in [0.1, 0.15) is 5.82 Å². The average Bonchev–Trinajstić information content (AvgIpc) is 3.29. The molecule has 7 nitrogen and oxygen atoms in total. The van der Waals surface area contributed by atoms with Gasteiger partial charge < -0.3 is 20.5 Å². The summed E-state index contributed by atoms with van der Waals surface area (Å²) < 4.78 is 10.8. The molecule has 0 radical (unpaired) electrons. The molecule has 2 heterocycles. The van der Waals surface area contributed by atoms with Gasteiger partial charge in [-0.1, -0.05) is 12.5 Å². The quantitative estimate of drug-likeness (QED) is 0.773. The first-order chi connectivity index (χ1) is 13.2. The van der Waals surface area contributed by atoms with E-state index in [9.17, 15) is 4.79 Å². The van der Waals surface area contributed by atoms with Crippen LogP contribution < -0.4 is 20.5 Å². The summed E-state index contributed by atoms with van der Waals surface area (Å²) in [5, 5.41) is 10.1. The second kappa shape index (κ2) is 6.56. The summed E-state index contributed by atoms with van der Waals surface area (Å²) in [6.45, 7) is 0.236. The highest BCUT2D eigenvalue weighted by atomic mass is 16.7. The number of carbonyl (C=O) groups is 1. The fourth-order valence-electron chi connectivity index (χ4n) is 4.89. The van der Waals surface area contributed by atoms with Crippen molar-refractivity contribution < 1.29 is 14.3 Å². The third-order valence-corrected chi connectivity index (χ3v) is 6.35. The van der Waals surface area contributed by atoms with Gasteiger partial charge in [0.15, 0.2) is 11.5 Å². The van der Waals surface area contributed by atoms with Crippen LogP contribution >= 0.6 is 0 Å². The monoisotopic (exact) mass is 368 g/mol. The van der Waals surface area contributed by atoms with Crippen molar-refractivity contribution in [2.24, 2.45) is 23.5 Å². The molecule has 2 aliphatic carbocycles. The lowest BCUT2D eigenvalue weighted by atomic mass is 9.65. The topological polar surface area (TPSA) is 102 Å². The van der Waals surface area contributed by atoms with E-state index in [-0.39, 0.29) is 24.7 Å². The SMILES string of the molecule is NC1C2CCCC1CC(C(=O)Nc1[nH]ncc1-c1ccc3c(c1)OCO3)C2. The zero-order chi connectivity index (χ0) is 18.4. The molecule has 2 aromatic rings. The largest absolute Gasteiger partial charge is 0.454 e. The van der Waals surface area contributed by atoms with Crippen molar-refractivity contribution in [3.63, 3.8) is 0 Å². The van der Waals surface area contributed by atoms with Crippen LogP contribution in [0, 0.1) is 17.8 Å². The normalized spacial score (nSPS) is 28.8. The molecule has 4 N–H and O–H groups in total. The molecule has 0 saturated heterocycles. The number of hydrogen-bond acceptors (Lipinski definition) is 5. The Bertz CT molecular complexity index is 851. The van der Waals surface area contributed by atoms with E-state index in [1.165, 1.54) is 6.42 Å². The zero-order valence-corrected chi connectivity index (χ0v) is 15.1. The molecule has 2 unspecified atom stereocenters. The molecule has 1 aromatic carbocycles. The molecule has 142 valence electrons. The lowest BCUT2D eigenvalue weighted by molar-refractivity contribution is -0.122. The highest BCUT2D eigenvalue weighted by Crippen LogP contribution is 2.42.